The number of carbonyl (C=O) groups is 2. The highest BCUT2D eigenvalue weighted by molar-refractivity contribution is 6.29. The molecule has 0 radical (unpaired) electrons. The summed E-state index contributed by atoms with van der Waals surface area (Å²) >= 11 is 0. The number of benzene rings is 4. The van der Waals surface area contributed by atoms with E-state index in [2.05, 4.69) is 12.1 Å². The van der Waals surface area contributed by atoms with Crippen molar-refractivity contribution in [2.24, 2.45) is 0 Å². The van der Waals surface area contributed by atoms with Crippen molar-refractivity contribution in [2.75, 3.05) is 13.2 Å². The van der Waals surface area contributed by atoms with Crippen molar-refractivity contribution < 1.29 is 19.1 Å². The molecule has 0 aromatic heterocycles. The Bertz CT molecular complexity index is 2170. The summed E-state index contributed by atoms with van der Waals surface area (Å²) in [4.78, 5) is 26.3. The molecular formula is C44H36N2O4. The maximum absolute atomic E-state index is 13.4. The van der Waals surface area contributed by atoms with Gasteiger partial charge in [-0.25, -0.2) is 9.59 Å². The third kappa shape index (κ3) is 6.44. The molecule has 6 rings (SSSR count). The van der Waals surface area contributed by atoms with Crippen LogP contribution in [0.3, 0.4) is 0 Å². The van der Waals surface area contributed by atoms with Crippen LogP contribution in [0, 0.1) is 22.7 Å². The number of carbonyl (C=O) groups excluding carboxylic acids is 2. The Hall–Kier alpha value is -6.24. The lowest BCUT2D eigenvalue weighted by Gasteiger charge is -2.13. The fourth-order valence-electron chi connectivity index (χ4n) is 6.46. The summed E-state index contributed by atoms with van der Waals surface area (Å²) in [6, 6.07) is 37.8. The summed E-state index contributed by atoms with van der Waals surface area (Å²) in [6.45, 7) is 4.55. The van der Waals surface area contributed by atoms with Crippen LogP contribution in [-0.2, 0) is 19.1 Å². The number of esters is 2. The number of nitrogens with zero attached hydrogens (tertiary/aromatic N) is 2. The molecule has 50 heavy (non-hydrogen) atoms. The van der Waals surface area contributed by atoms with Gasteiger partial charge in [-0.2, -0.15) is 10.5 Å². The van der Waals surface area contributed by atoms with Gasteiger partial charge in [-0.15, -0.1) is 0 Å². The maximum Gasteiger partial charge on any atom is 0.349 e. The van der Waals surface area contributed by atoms with E-state index in [1.165, 1.54) is 0 Å². The summed E-state index contributed by atoms with van der Waals surface area (Å²) in [5, 5.41) is 20.4. The first-order valence-corrected chi connectivity index (χ1v) is 17.0. The Morgan fingerprint density at radius 3 is 1.66 bits per heavy atom. The van der Waals surface area contributed by atoms with Crippen molar-refractivity contribution in [3.05, 3.63) is 159 Å². The van der Waals surface area contributed by atoms with Crippen LogP contribution >= 0.6 is 0 Å². The Morgan fingerprint density at radius 1 is 0.560 bits per heavy atom. The van der Waals surface area contributed by atoms with Gasteiger partial charge in [-0.05, 0) is 74.6 Å². The Balaban J connectivity index is 1.49. The second kappa shape index (κ2) is 15.3. The van der Waals surface area contributed by atoms with Gasteiger partial charge in [0.15, 0.2) is 0 Å². The monoisotopic (exact) mass is 656 g/mol. The van der Waals surface area contributed by atoms with Crippen LogP contribution in [0.2, 0.25) is 0 Å². The zero-order chi connectivity index (χ0) is 35.0. The summed E-state index contributed by atoms with van der Waals surface area (Å²) in [5.41, 5.74) is 9.81. The highest BCUT2D eigenvalue weighted by Gasteiger charge is 2.33. The highest BCUT2D eigenvalue weighted by Crippen LogP contribution is 2.51. The fourth-order valence-corrected chi connectivity index (χ4v) is 6.46. The van der Waals surface area contributed by atoms with Crippen molar-refractivity contribution in [3.63, 3.8) is 0 Å². The van der Waals surface area contributed by atoms with E-state index in [1.54, 1.807) is 0 Å². The van der Waals surface area contributed by atoms with Crippen LogP contribution in [0.15, 0.2) is 120 Å². The van der Waals surface area contributed by atoms with Crippen LogP contribution in [0.4, 0.5) is 0 Å². The average molecular weight is 657 g/mol. The van der Waals surface area contributed by atoms with Crippen molar-refractivity contribution >= 4 is 39.8 Å². The molecule has 0 spiro atoms. The van der Waals surface area contributed by atoms with Crippen LogP contribution in [0.1, 0.15) is 78.5 Å². The zero-order valence-electron chi connectivity index (χ0n) is 28.2. The summed E-state index contributed by atoms with van der Waals surface area (Å²) in [5.74, 6) is -1.24. The molecule has 4 aromatic carbocycles. The van der Waals surface area contributed by atoms with Gasteiger partial charge in [0.05, 0.1) is 13.2 Å². The quantitative estimate of drug-likeness (QED) is 0.0690. The summed E-state index contributed by atoms with van der Waals surface area (Å²) < 4.78 is 11.0. The lowest BCUT2D eigenvalue weighted by atomic mass is 9.90. The number of hydrogen-bond acceptors (Lipinski definition) is 6. The first kappa shape index (κ1) is 33.7. The van der Waals surface area contributed by atoms with E-state index in [1.807, 2.05) is 123 Å². The third-order valence-electron chi connectivity index (χ3n) is 8.92. The molecule has 0 N–H and O–H groups in total. The minimum atomic E-state index is -0.627. The highest BCUT2D eigenvalue weighted by atomic mass is 16.5. The Morgan fingerprint density at radius 2 is 1.06 bits per heavy atom. The summed E-state index contributed by atoms with van der Waals surface area (Å²) in [7, 11) is 0. The van der Waals surface area contributed by atoms with Crippen LogP contribution in [-0.4, -0.2) is 25.2 Å². The zero-order valence-corrected chi connectivity index (χ0v) is 28.2. The largest absolute Gasteiger partial charge is 0.462 e. The molecule has 0 atom stereocenters. The number of rotatable bonds is 11. The second-order valence-electron chi connectivity index (χ2n) is 12.1. The first-order chi connectivity index (χ1) is 24.5. The van der Waals surface area contributed by atoms with Crippen molar-refractivity contribution in [1.29, 1.82) is 10.5 Å². The SMILES string of the molecule is CCCCOC(=O)C(C#N)=C1C=C(c2ccc(C3=C(c4ccccc4)C(=C(C#N)C(=O)OCCCC)c4ccccc43)cc2)c2ccccc21. The van der Waals surface area contributed by atoms with Gasteiger partial charge in [-0.3, -0.25) is 0 Å². The van der Waals surface area contributed by atoms with Crippen molar-refractivity contribution in [3.8, 4) is 12.1 Å². The number of nitriles is 2. The van der Waals surface area contributed by atoms with Gasteiger partial charge in [0.1, 0.15) is 23.3 Å². The van der Waals surface area contributed by atoms with E-state index in [-0.39, 0.29) is 24.4 Å². The van der Waals surface area contributed by atoms with E-state index >= 15 is 0 Å². The topological polar surface area (TPSA) is 100 Å². The average Bonchev–Trinajstić information content (AvgIpc) is 3.70. The standard InChI is InChI=1S/C44H36N2O4/c1-3-5-24-49-43(47)38(27-45)37-26-36(32-16-10-11-17-33(32)37)29-20-22-31(23-21-29)40-34-18-12-13-19-35(34)42(41(40)30-14-8-7-9-15-30)39(28-46)44(48)50-25-6-4-2/h7-23,26H,3-6,24-25H2,1-2H3. The van der Waals surface area contributed by atoms with E-state index in [0.29, 0.717) is 17.6 Å². The van der Waals surface area contributed by atoms with Gasteiger partial charge >= 0.3 is 11.9 Å². The maximum atomic E-state index is 13.4. The number of ether oxygens (including phenoxy) is 2. The molecule has 0 bridgehead atoms. The first-order valence-electron chi connectivity index (χ1n) is 17.0. The molecule has 4 aromatic rings. The molecule has 6 heteroatoms. The number of allylic oxidation sites excluding steroid dienone is 4. The van der Waals surface area contributed by atoms with E-state index in [0.717, 1.165) is 74.9 Å². The fraction of sp³-hybridized carbons (Fsp3) is 0.182. The van der Waals surface area contributed by atoms with Crippen LogP contribution in [0.5, 0.6) is 0 Å². The number of fused-ring (bicyclic) bond motifs is 2. The minimum absolute atomic E-state index is 0.0128. The van der Waals surface area contributed by atoms with Crippen LogP contribution in [0.25, 0.3) is 27.9 Å². The lowest BCUT2D eigenvalue weighted by Crippen LogP contribution is -2.10. The normalized spacial score (nSPS) is 14.9. The molecular weight excluding hydrogens is 620 g/mol. The van der Waals surface area contributed by atoms with Crippen molar-refractivity contribution in [2.45, 2.75) is 39.5 Å². The molecule has 2 aliphatic rings. The predicted octanol–water partition coefficient (Wildman–Crippen LogP) is 9.35. The van der Waals surface area contributed by atoms with Gasteiger partial charge in [0.2, 0.25) is 0 Å². The summed E-state index contributed by atoms with van der Waals surface area (Å²) in [6.07, 6.45) is 5.09. The van der Waals surface area contributed by atoms with E-state index in [4.69, 9.17) is 9.47 Å². The molecule has 6 nitrogen and oxygen atoms in total. The molecule has 0 saturated heterocycles. The van der Waals surface area contributed by atoms with E-state index < -0.39 is 11.9 Å². The van der Waals surface area contributed by atoms with Crippen LogP contribution < -0.4 is 0 Å². The molecule has 2 aliphatic carbocycles. The third-order valence-corrected chi connectivity index (χ3v) is 8.92. The molecule has 0 heterocycles. The van der Waals surface area contributed by atoms with Gasteiger partial charge in [0.25, 0.3) is 0 Å². The molecule has 0 amide bonds. The lowest BCUT2D eigenvalue weighted by molar-refractivity contribution is -0.139. The number of unbranched alkanes of at least 4 members (excludes halogenated alkanes) is 2. The molecule has 0 fully saturated rings. The van der Waals surface area contributed by atoms with Gasteiger partial charge in [-0.1, -0.05) is 130 Å². The van der Waals surface area contributed by atoms with Gasteiger partial charge in [0, 0.05) is 11.1 Å². The molecule has 246 valence electrons. The number of hydrogen-bond donors (Lipinski definition) is 0. The predicted molar refractivity (Wildman–Crippen MR) is 196 cm³/mol. The molecule has 0 saturated carbocycles. The molecule has 0 aliphatic heterocycles. The smallest absolute Gasteiger partial charge is 0.349 e. The van der Waals surface area contributed by atoms with Gasteiger partial charge < -0.3 is 9.47 Å². The molecule has 0 unspecified atom stereocenters. The Labute approximate surface area is 292 Å². The Kier molecular flexibility index (Phi) is 10.3. The van der Waals surface area contributed by atoms with E-state index in [9.17, 15) is 20.1 Å². The minimum Gasteiger partial charge on any atom is -0.462 e. The second-order valence-corrected chi connectivity index (χ2v) is 12.1. The van der Waals surface area contributed by atoms with Crippen molar-refractivity contribution in [1.82, 2.24) is 0 Å².